The summed E-state index contributed by atoms with van der Waals surface area (Å²) in [6, 6.07) is 11.9. The maximum atomic E-state index is 5.41. The van der Waals surface area contributed by atoms with E-state index in [-0.39, 0.29) is 0 Å². The Labute approximate surface area is 186 Å². The molecule has 1 aliphatic rings. The molecular formula is C22H26N6O2S. The molecule has 0 fully saturated rings. The summed E-state index contributed by atoms with van der Waals surface area (Å²) in [5.41, 5.74) is 2.78. The van der Waals surface area contributed by atoms with Crippen LogP contribution < -0.4 is 25.0 Å². The molecule has 1 aromatic carbocycles. The maximum Gasteiger partial charge on any atom is 0.197 e. The van der Waals surface area contributed by atoms with Crippen molar-refractivity contribution < 1.29 is 9.47 Å². The van der Waals surface area contributed by atoms with Gasteiger partial charge in [-0.1, -0.05) is 12.1 Å². The van der Waals surface area contributed by atoms with E-state index in [1.54, 1.807) is 25.6 Å². The van der Waals surface area contributed by atoms with Crippen molar-refractivity contribution in [3.05, 3.63) is 47.3 Å². The molecule has 1 aliphatic heterocycles. The second-order valence-electron chi connectivity index (χ2n) is 7.10. The third-order valence-electron chi connectivity index (χ3n) is 4.88. The molecule has 3 heterocycles. The SMILES string of the molecule is COc1ccc(CN(C)c2cccc(-c3csc(NC4=NCCCN4)n3)n2)cc1OC. The smallest absolute Gasteiger partial charge is 0.197 e. The van der Waals surface area contributed by atoms with Gasteiger partial charge >= 0.3 is 0 Å². The number of ether oxygens (including phenoxy) is 2. The zero-order chi connectivity index (χ0) is 21.6. The lowest BCUT2D eigenvalue weighted by Gasteiger charge is -2.19. The van der Waals surface area contributed by atoms with Gasteiger partial charge in [0.2, 0.25) is 0 Å². The van der Waals surface area contributed by atoms with Crippen LogP contribution in [0.3, 0.4) is 0 Å². The molecule has 0 aliphatic carbocycles. The first-order chi connectivity index (χ1) is 15.2. The Bertz CT molecular complexity index is 1070. The Balaban J connectivity index is 1.47. The highest BCUT2D eigenvalue weighted by molar-refractivity contribution is 7.14. The lowest BCUT2D eigenvalue weighted by molar-refractivity contribution is 0.354. The molecular weight excluding hydrogens is 412 g/mol. The Morgan fingerprint density at radius 1 is 1.10 bits per heavy atom. The first kappa shape index (κ1) is 20.9. The highest BCUT2D eigenvalue weighted by Gasteiger charge is 2.12. The van der Waals surface area contributed by atoms with Crippen LogP contribution >= 0.6 is 11.3 Å². The summed E-state index contributed by atoms with van der Waals surface area (Å²) < 4.78 is 10.7. The first-order valence-corrected chi connectivity index (χ1v) is 10.9. The number of guanidine groups is 1. The normalized spacial score (nSPS) is 13.2. The number of pyridine rings is 1. The van der Waals surface area contributed by atoms with Gasteiger partial charge in [-0.05, 0) is 36.2 Å². The first-order valence-electron chi connectivity index (χ1n) is 10.1. The predicted molar refractivity (Wildman–Crippen MR) is 126 cm³/mol. The van der Waals surface area contributed by atoms with Crippen molar-refractivity contribution in [1.82, 2.24) is 15.3 Å². The lowest BCUT2D eigenvalue weighted by Crippen LogP contribution is -2.35. The molecule has 162 valence electrons. The van der Waals surface area contributed by atoms with Crippen molar-refractivity contribution in [3.8, 4) is 22.9 Å². The van der Waals surface area contributed by atoms with Gasteiger partial charge in [0, 0.05) is 32.1 Å². The summed E-state index contributed by atoms with van der Waals surface area (Å²) in [6.45, 7) is 2.45. The highest BCUT2D eigenvalue weighted by Crippen LogP contribution is 2.29. The molecule has 0 spiro atoms. The summed E-state index contributed by atoms with van der Waals surface area (Å²) in [6.07, 6.45) is 1.06. The quantitative estimate of drug-likeness (QED) is 0.583. The summed E-state index contributed by atoms with van der Waals surface area (Å²) in [7, 11) is 5.30. The van der Waals surface area contributed by atoms with Gasteiger partial charge in [-0.2, -0.15) is 0 Å². The molecule has 2 aromatic heterocycles. The monoisotopic (exact) mass is 438 g/mol. The number of aliphatic imine (C=N–C) groups is 1. The summed E-state index contributed by atoms with van der Waals surface area (Å²) in [5, 5.41) is 9.30. The minimum Gasteiger partial charge on any atom is -0.493 e. The second kappa shape index (κ2) is 9.65. The number of aromatic nitrogens is 2. The molecule has 4 rings (SSSR count). The van der Waals surface area contributed by atoms with E-state index in [9.17, 15) is 0 Å². The van der Waals surface area contributed by atoms with Gasteiger partial charge in [0.05, 0.1) is 19.9 Å². The number of hydrogen-bond acceptors (Lipinski definition) is 9. The van der Waals surface area contributed by atoms with Crippen LogP contribution in [0, 0.1) is 0 Å². The largest absolute Gasteiger partial charge is 0.493 e. The Morgan fingerprint density at radius 3 is 2.74 bits per heavy atom. The van der Waals surface area contributed by atoms with Gasteiger partial charge in [0.25, 0.3) is 0 Å². The molecule has 0 amide bonds. The Morgan fingerprint density at radius 2 is 1.97 bits per heavy atom. The molecule has 3 aromatic rings. The van der Waals surface area contributed by atoms with Gasteiger partial charge in [-0.3, -0.25) is 4.99 Å². The van der Waals surface area contributed by atoms with E-state index in [1.807, 2.05) is 48.8 Å². The second-order valence-corrected chi connectivity index (χ2v) is 7.96. The fraction of sp³-hybridized carbons (Fsp3) is 0.318. The minimum atomic E-state index is 0.687. The van der Waals surface area contributed by atoms with Crippen LogP contribution in [-0.2, 0) is 6.54 Å². The van der Waals surface area contributed by atoms with Gasteiger partial charge in [-0.25, -0.2) is 9.97 Å². The van der Waals surface area contributed by atoms with Crippen molar-refractivity contribution in [2.45, 2.75) is 13.0 Å². The number of rotatable bonds is 7. The van der Waals surface area contributed by atoms with E-state index in [0.717, 1.165) is 64.9 Å². The van der Waals surface area contributed by atoms with Gasteiger partial charge in [0.15, 0.2) is 22.6 Å². The van der Waals surface area contributed by atoms with Gasteiger partial charge < -0.3 is 25.0 Å². The van der Waals surface area contributed by atoms with Crippen LogP contribution in [0.5, 0.6) is 11.5 Å². The number of anilines is 2. The van der Waals surface area contributed by atoms with Crippen LogP contribution in [0.4, 0.5) is 10.9 Å². The van der Waals surface area contributed by atoms with Crippen LogP contribution in [0.2, 0.25) is 0 Å². The molecule has 0 radical (unpaired) electrons. The number of benzene rings is 1. The number of nitrogens with one attached hydrogen (secondary N) is 2. The molecule has 0 atom stereocenters. The average molecular weight is 439 g/mol. The van der Waals surface area contributed by atoms with Crippen molar-refractivity contribution in [2.24, 2.45) is 4.99 Å². The fourth-order valence-corrected chi connectivity index (χ4v) is 3.98. The van der Waals surface area contributed by atoms with Crippen LogP contribution in [0.1, 0.15) is 12.0 Å². The molecule has 0 unspecified atom stereocenters. The van der Waals surface area contributed by atoms with E-state index >= 15 is 0 Å². The molecule has 8 nitrogen and oxygen atoms in total. The van der Waals surface area contributed by atoms with E-state index in [2.05, 4.69) is 25.5 Å². The fourth-order valence-electron chi connectivity index (χ4n) is 3.28. The molecule has 0 saturated carbocycles. The standard InChI is InChI=1S/C22H26N6O2S/c1-28(13-15-8-9-18(29-2)19(12-15)30-3)20-7-4-6-16(25-20)17-14-31-22(26-17)27-21-23-10-5-11-24-21/h4,6-9,12,14H,5,10-11,13H2,1-3H3,(H2,23,24,26,27). The van der Waals surface area contributed by atoms with Gasteiger partial charge in [-0.15, -0.1) is 11.3 Å². The lowest BCUT2D eigenvalue weighted by atomic mass is 10.2. The van der Waals surface area contributed by atoms with Crippen molar-refractivity contribution in [3.63, 3.8) is 0 Å². The van der Waals surface area contributed by atoms with Crippen molar-refractivity contribution in [2.75, 3.05) is 44.6 Å². The van der Waals surface area contributed by atoms with Crippen LogP contribution in [0.25, 0.3) is 11.4 Å². The van der Waals surface area contributed by atoms with E-state index in [1.165, 1.54) is 0 Å². The van der Waals surface area contributed by atoms with E-state index in [4.69, 9.17) is 14.5 Å². The summed E-state index contributed by atoms with van der Waals surface area (Å²) in [4.78, 5) is 16.0. The maximum absolute atomic E-state index is 5.41. The zero-order valence-corrected chi connectivity index (χ0v) is 18.7. The van der Waals surface area contributed by atoms with Crippen LogP contribution in [-0.4, -0.2) is 50.3 Å². The number of hydrogen-bond donors (Lipinski definition) is 2. The Hall–Kier alpha value is -3.33. The highest BCUT2D eigenvalue weighted by atomic mass is 32.1. The topological polar surface area (TPSA) is 83.9 Å². The van der Waals surface area contributed by atoms with E-state index < -0.39 is 0 Å². The third kappa shape index (κ3) is 5.05. The Kier molecular flexibility index (Phi) is 6.51. The van der Waals surface area contributed by atoms with Crippen molar-refractivity contribution in [1.29, 1.82) is 0 Å². The van der Waals surface area contributed by atoms with Gasteiger partial charge in [0.1, 0.15) is 11.5 Å². The van der Waals surface area contributed by atoms with Crippen LogP contribution in [0.15, 0.2) is 46.8 Å². The summed E-state index contributed by atoms with van der Waals surface area (Å²) in [5.74, 6) is 3.09. The minimum absolute atomic E-state index is 0.687. The number of methoxy groups -OCH3 is 2. The molecule has 0 saturated heterocycles. The third-order valence-corrected chi connectivity index (χ3v) is 5.64. The zero-order valence-electron chi connectivity index (χ0n) is 17.9. The molecule has 0 bridgehead atoms. The molecule has 9 heteroatoms. The molecule has 31 heavy (non-hydrogen) atoms. The van der Waals surface area contributed by atoms with Crippen molar-refractivity contribution >= 4 is 28.2 Å². The number of thiazole rings is 1. The average Bonchev–Trinajstić information content (AvgIpc) is 3.28. The van der Waals surface area contributed by atoms with E-state index in [0.29, 0.717) is 6.54 Å². The predicted octanol–water partition coefficient (Wildman–Crippen LogP) is 3.62. The number of nitrogens with zero attached hydrogens (tertiary/aromatic N) is 4. The summed E-state index contributed by atoms with van der Waals surface area (Å²) >= 11 is 1.54. The molecule has 2 N–H and O–H groups in total.